The van der Waals surface area contributed by atoms with E-state index in [4.69, 9.17) is 4.74 Å². The maximum atomic E-state index is 12.9. The average Bonchev–Trinajstić information content (AvgIpc) is 2.44. The van der Waals surface area contributed by atoms with Gasteiger partial charge in [0, 0.05) is 12.1 Å². The van der Waals surface area contributed by atoms with Crippen molar-refractivity contribution >= 4 is 11.8 Å². The summed E-state index contributed by atoms with van der Waals surface area (Å²) in [6.07, 6.45) is -0.761. The van der Waals surface area contributed by atoms with Gasteiger partial charge in [-0.2, -0.15) is 0 Å². The van der Waals surface area contributed by atoms with Crippen molar-refractivity contribution < 1.29 is 18.7 Å². The number of carbonyl (C=O) groups is 2. The first-order chi connectivity index (χ1) is 10.6. The smallest absolute Gasteiger partial charge is 0.263 e. The molecule has 0 bridgehead atoms. The molecule has 0 aliphatic heterocycles. The fourth-order valence-electron chi connectivity index (χ4n) is 2.00. The molecule has 23 heavy (non-hydrogen) atoms. The lowest BCUT2D eigenvalue weighted by atomic mass is 10.1. The van der Waals surface area contributed by atoms with Gasteiger partial charge in [-0.1, -0.05) is 0 Å². The predicted octanol–water partition coefficient (Wildman–Crippen LogP) is 2.36. The molecular weight excluding hydrogens is 299 g/mol. The molecule has 0 saturated carbocycles. The molecule has 1 aromatic rings. The summed E-state index contributed by atoms with van der Waals surface area (Å²) in [5, 5.41) is 2.82. The number of rotatable bonds is 6. The Labute approximate surface area is 136 Å². The fraction of sp³-hybridized carbons (Fsp3) is 0.529. The molecular formula is C17H25FN2O3. The number of hydrogen-bond acceptors (Lipinski definition) is 3. The first-order valence-electron chi connectivity index (χ1n) is 7.64. The highest BCUT2D eigenvalue weighted by atomic mass is 19.1. The molecule has 5 nitrogen and oxygen atoms in total. The zero-order valence-corrected chi connectivity index (χ0v) is 14.4. The summed E-state index contributed by atoms with van der Waals surface area (Å²) < 4.78 is 18.4. The van der Waals surface area contributed by atoms with Crippen LogP contribution >= 0.6 is 0 Å². The highest BCUT2D eigenvalue weighted by Crippen LogP contribution is 2.14. The third-order valence-corrected chi connectivity index (χ3v) is 3.02. The molecule has 2 amide bonds. The Balaban J connectivity index is 2.64. The molecule has 0 fully saturated rings. The van der Waals surface area contributed by atoms with E-state index >= 15 is 0 Å². The van der Waals surface area contributed by atoms with Crippen LogP contribution in [-0.4, -0.2) is 41.4 Å². The van der Waals surface area contributed by atoms with Gasteiger partial charge in [-0.05, 0) is 58.9 Å². The Morgan fingerprint density at radius 2 is 1.83 bits per heavy atom. The number of halogens is 1. The van der Waals surface area contributed by atoms with Gasteiger partial charge < -0.3 is 15.0 Å². The largest absolute Gasteiger partial charge is 0.481 e. The van der Waals surface area contributed by atoms with E-state index in [1.54, 1.807) is 13.8 Å². The molecule has 0 radical (unpaired) electrons. The lowest BCUT2D eigenvalue weighted by Crippen LogP contribution is -2.49. The standard InChI is InChI=1S/C17H25FN2O3/c1-6-20(11-15(21)19-17(3,4)5)16(22)12(2)23-14-9-7-13(18)8-10-14/h7-10,12H,6,11H2,1-5H3,(H,19,21). The summed E-state index contributed by atoms with van der Waals surface area (Å²) in [4.78, 5) is 25.8. The second-order valence-electron chi connectivity index (χ2n) is 6.36. The van der Waals surface area contributed by atoms with Crippen LogP contribution < -0.4 is 10.1 Å². The Morgan fingerprint density at radius 3 is 2.30 bits per heavy atom. The van der Waals surface area contributed by atoms with E-state index in [1.807, 2.05) is 20.8 Å². The number of nitrogens with one attached hydrogen (secondary N) is 1. The number of likely N-dealkylation sites (N-methyl/N-ethyl adjacent to an activating group) is 1. The molecule has 0 saturated heterocycles. The Morgan fingerprint density at radius 1 is 1.26 bits per heavy atom. The van der Waals surface area contributed by atoms with Gasteiger partial charge in [0.15, 0.2) is 6.10 Å². The van der Waals surface area contributed by atoms with E-state index in [9.17, 15) is 14.0 Å². The van der Waals surface area contributed by atoms with Crippen molar-refractivity contribution in [2.45, 2.75) is 46.3 Å². The van der Waals surface area contributed by atoms with Crippen LogP contribution in [0.25, 0.3) is 0 Å². The van der Waals surface area contributed by atoms with Gasteiger partial charge in [0.05, 0.1) is 6.54 Å². The summed E-state index contributed by atoms with van der Waals surface area (Å²) in [7, 11) is 0. The second kappa shape index (κ2) is 7.94. The van der Waals surface area contributed by atoms with Crippen LogP contribution in [0.15, 0.2) is 24.3 Å². The van der Waals surface area contributed by atoms with Crippen molar-refractivity contribution in [1.82, 2.24) is 10.2 Å². The van der Waals surface area contributed by atoms with Crippen LogP contribution in [0.4, 0.5) is 4.39 Å². The number of ether oxygens (including phenoxy) is 1. The minimum Gasteiger partial charge on any atom is -0.481 e. The molecule has 1 rings (SSSR count). The summed E-state index contributed by atoms with van der Waals surface area (Å²) in [5.74, 6) is -0.477. The highest BCUT2D eigenvalue weighted by molar-refractivity contribution is 5.87. The van der Waals surface area contributed by atoms with E-state index in [1.165, 1.54) is 29.2 Å². The third kappa shape index (κ3) is 6.67. The number of benzene rings is 1. The van der Waals surface area contributed by atoms with Crippen LogP contribution in [0.5, 0.6) is 5.75 Å². The fourth-order valence-corrected chi connectivity index (χ4v) is 2.00. The van der Waals surface area contributed by atoms with Gasteiger partial charge in [0.2, 0.25) is 5.91 Å². The van der Waals surface area contributed by atoms with Crippen molar-refractivity contribution in [3.63, 3.8) is 0 Å². The molecule has 0 spiro atoms. The average molecular weight is 324 g/mol. The van der Waals surface area contributed by atoms with Crippen molar-refractivity contribution in [3.8, 4) is 5.75 Å². The van der Waals surface area contributed by atoms with Crippen molar-refractivity contribution in [3.05, 3.63) is 30.1 Å². The quantitative estimate of drug-likeness (QED) is 0.874. The van der Waals surface area contributed by atoms with Gasteiger partial charge in [-0.15, -0.1) is 0 Å². The van der Waals surface area contributed by atoms with E-state index in [2.05, 4.69) is 5.32 Å². The Hall–Kier alpha value is -2.11. The van der Waals surface area contributed by atoms with E-state index < -0.39 is 6.10 Å². The normalized spacial score (nSPS) is 12.4. The molecule has 0 aromatic heterocycles. The van der Waals surface area contributed by atoms with Crippen LogP contribution in [-0.2, 0) is 9.59 Å². The first kappa shape index (κ1) is 18.9. The summed E-state index contributed by atoms with van der Waals surface area (Å²) in [6.45, 7) is 9.41. The van der Waals surface area contributed by atoms with Crippen LogP contribution in [0.1, 0.15) is 34.6 Å². The lowest BCUT2D eigenvalue weighted by Gasteiger charge is -2.27. The molecule has 128 valence electrons. The number of nitrogens with zero attached hydrogens (tertiary/aromatic N) is 1. The molecule has 6 heteroatoms. The van der Waals surface area contributed by atoms with Crippen molar-refractivity contribution in [2.24, 2.45) is 0 Å². The van der Waals surface area contributed by atoms with Gasteiger partial charge in [0.25, 0.3) is 5.91 Å². The van der Waals surface area contributed by atoms with E-state index in [-0.39, 0.29) is 29.7 Å². The number of carbonyl (C=O) groups excluding carboxylic acids is 2. The van der Waals surface area contributed by atoms with Gasteiger partial charge in [0.1, 0.15) is 11.6 Å². The Kier molecular flexibility index (Phi) is 6.54. The highest BCUT2D eigenvalue weighted by Gasteiger charge is 2.24. The maximum absolute atomic E-state index is 12.9. The number of amides is 2. The zero-order chi connectivity index (χ0) is 17.6. The van der Waals surface area contributed by atoms with Crippen LogP contribution in [0.3, 0.4) is 0 Å². The molecule has 1 unspecified atom stereocenters. The summed E-state index contributed by atoms with van der Waals surface area (Å²) >= 11 is 0. The minimum absolute atomic E-state index is 0.0241. The van der Waals surface area contributed by atoms with Crippen molar-refractivity contribution in [1.29, 1.82) is 0 Å². The summed E-state index contributed by atoms with van der Waals surface area (Å²) in [6, 6.07) is 5.45. The van der Waals surface area contributed by atoms with Crippen LogP contribution in [0.2, 0.25) is 0 Å². The first-order valence-corrected chi connectivity index (χ1v) is 7.64. The molecule has 1 N–H and O–H groups in total. The summed E-state index contributed by atoms with van der Waals surface area (Å²) in [5.41, 5.74) is -0.351. The van der Waals surface area contributed by atoms with Gasteiger partial charge in [-0.3, -0.25) is 9.59 Å². The third-order valence-electron chi connectivity index (χ3n) is 3.02. The molecule has 0 aliphatic carbocycles. The topological polar surface area (TPSA) is 58.6 Å². The van der Waals surface area contributed by atoms with E-state index in [0.29, 0.717) is 12.3 Å². The maximum Gasteiger partial charge on any atom is 0.263 e. The SMILES string of the molecule is CCN(CC(=O)NC(C)(C)C)C(=O)C(C)Oc1ccc(F)cc1. The minimum atomic E-state index is -0.761. The van der Waals surface area contributed by atoms with Gasteiger partial charge >= 0.3 is 0 Å². The predicted molar refractivity (Wildman–Crippen MR) is 86.6 cm³/mol. The molecule has 0 aliphatic rings. The molecule has 1 atom stereocenters. The second-order valence-corrected chi connectivity index (χ2v) is 6.36. The van der Waals surface area contributed by atoms with Gasteiger partial charge in [-0.25, -0.2) is 4.39 Å². The number of hydrogen-bond donors (Lipinski definition) is 1. The van der Waals surface area contributed by atoms with Crippen LogP contribution in [0, 0.1) is 5.82 Å². The zero-order valence-electron chi connectivity index (χ0n) is 14.4. The van der Waals surface area contributed by atoms with E-state index in [0.717, 1.165) is 0 Å². The van der Waals surface area contributed by atoms with Crippen molar-refractivity contribution in [2.75, 3.05) is 13.1 Å². The Bertz CT molecular complexity index is 538. The molecule has 1 aromatic carbocycles. The molecule has 0 heterocycles. The monoisotopic (exact) mass is 324 g/mol. The lowest BCUT2D eigenvalue weighted by molar-refractivity contribution is -0.141.